The summed E-state index contributed by atoms with van der Waals surface area (Å²) in [5, 5.41) is 8.34. The van der Waals surface area contributed by atoms with Crippen LogP contribution in [0.15, 0.2) is 65.7 Å². The third-order valence-corrected chi connectivity index (χ3v) is 7.87. The van der Waals surface area contributed by atoms with E-state index in [2.05, 4.69) is 10.4 Å². The summed E-state index contributed by atoms with van der Waals surface area (Å²) in [4.78, 5) is 13.0. The molecule has 0 atom stereocenters. The van der Waals surface area contributed by atoms with Gasteiger partial charge >= 0.3 is 0 Å². The van der Waals surface area contributed by atoms with Gasteiger partial charge in [0.15, 0.2) is 0 Å². The second kappa shape index (κ2) is 9.62. The van der Waals surface area contributed by atoms with Crippen LogP contribution in [-0.2, 0) is 21.4 Å². The number of anilines is 1. The summed E-state index contributed by atoms with van der Waals surface area (Å²) in [6, 6.07) is 15.3. The van der Waals surface area contributed by atoms with Crippen LogP contribution in [0.25, 0.3) is 0 Å². The van der Waals surface area contributed by atoms with E-state index in [0.717, 1.165) is 5.56 Å². The molecule has 0 radical (unpaired) electrons. The van der Waals surface area contributed by atoms with Crippen molar-refractivity contribution >= 4 is 45.0 Å². The summed E-state index contributed by atoms with van der Waals surface area (Å²) in [6.45, 7) is 1.04. The third-order valence-electron chi connectivity index (χ3n) is 5.47. The maximum absolute atomic E-state index is 12.8. The molecule has 1 saturated heterocycles. The highest BCUT2D eigenvalue weighted by molar-refractivity contribution is 7.89. The molecular formula is C22H22Cl2N4O3S. The van der Waals surface area contributed by atoms with Crippen molar-refractivity contribution in [1.82, 2.24) is 14.1 Å². The predicted molar refractivity (Wildman–Crippen MR) is 124 cm³/mol. The van der Waals surface area contributed by atoms with Crippen molar-refractivity contribution in [2.75, 3.05) is 18.4 Å². The van der Waals surface area contributed by atoms with Crippen molar-refractivity contribution in [3.63, 3.8) is 0 Å². The maximum Gasteiger partial charge on any atom is 0.243 e. The van der Waals surface area contributed by atoms with Gasteiger partial charge in [-0.25, -0.2) is 13.1 Å². The third kappa shape index (κ3) is 5.15. The largest absolute Gasteiger partial charge is 0.311 e. The van der Waals surface area contributed by atoms with Gasteiger partial charge in [0.2, 0.25) is 15.9 Å². The molecule has 2 aromatic carbocycles. The number of nitrogens with one attached hydrogen (secondary N) is 1. The number of benzene rings is 2. The maximum atomic E-state index is 12.8. The second-order valence-corrected chi connectivity index (χ2v) is 10.4. The lowest BCUT2D eigenvalue weighted by Crippen LogP contribution is -2.41. The molecule has 0 unspecified atom stereocenters. The highest BCUT2D eigenvalue weighted by Gasteiger charge is 2.32. The van der Waals surface area contributed by atoms with Crippen LogP contribution < -0.4 is 5.32 Å². The highest BCUT2D eigenvalue weighted by atomic mass is 35.5. The lowest BCUT2D eigenvalue weighted by atomic mass is 9.97. The van der Waals surface area contributed by atoms with Gasteiger partial charge in [-0.1, -0.05) is 35.3 Å². The standard InChI is InChI=1S/C22H22Cl2N4O3S/c23-18-4-6-20(7-5-18)32(30,31)27-12-9-17(10-13-27)22(29)26-21-8-11-25-28(21)15-16-2-1-3-19(24)14-16/h1-8,11,14,17H,9-10,12-13,15H2,(H,26,29). The molecular weight excluding hydrogens is 471 g/mol. The lowest BCUT2D eigenvalue weighted by Gasteiger charge is -2.30. The van der Waals surface area contributed by atoms with Crippen LogP contribution in [0.4, 0.5) is 5.82 Å². The Bertz CT molecular complexity index is 1200. The van der Waals surface area contributed by atoms with Crippen molar-refractivity contribution in [1.29, 1.82) is 0 Å². The van der Waals surface area contributed by atoms with E-state index >= 15 is 0 Å². The molecule has 1 N–H and O–H groups in total. The molecule has 1 aromatic heterocycles. The number of sulfonamides is 1. The van der Waals surface area contributed by atoms with E-state index in [1.54, 1.807) is 35.1 Å². The summed E-state index contributed by atoms with van der Waals surface area (Å²) in [5.74, 6) is 0.175. The van der Waals surface area contributed by atoms with E-state index in [1.807, 2.05) is 18.2 Å². The Morgan fingerprint density at radius 3 is 2.44 bits per heavy atom. The number of nitrogens with zero attached hydrogens (tertiary/aromatic N) is 3. The van der Waals surface area contributed by atoms with Crippen molar-refractivity contribution in [3.8, 4) is 0 Å². The Balaban J connectivity index is 1.36. The monoisotopic (exact) mass is 492 g/mol. The zero-order valence-electron chi connectivity index (χ0n) is 17.1. The van der Waals surface area contributed by atoms with Gasteiger partial charge in [0.05, 0.1) is 17.6 Å². The zero-order valence-corrected chi connectivity index (χ0v) is 19.4. The smallest absolute Gasteiger partial charge is 0.243 e. The molecule has 0 aliphatic carbocycles. The van der Waals surface area contributed by atoms with Gasteiger partial charge in [-0.3, -0.25) is 4.79 Å². The highest BCUT2D eigenvalue weighted by Crippen LogP contribution is 2.26. The Labute approximate surface area is 197 Å². The first-order chi connectivity index (χ1) is 15.3. The van der Waals surface area contributed by atoms with E-state index in [4.69, 9.17) is 23.2 Å². The molecule has 1 aliphatic heterocycles. The molecule has 7 nitrogen and oxygen atoms in total. The first-order valence-electron chi connectivity index (χ1n) is 10.2. The number of hydrogen-bond acceptors (Lipinski definition) is 4. The number of carbonyl (C=O) groups excluding carboxylic acids is 1. The molecule has 1 amide bonds. The van der Waals surface area contributed by atoms with Crippen LogP contribution >= 0.6 is 23.2 Å². The average molecular weight is 493 g/mol. The van der Waals surface area contributed by atoms with Crippen LogP contribution in [0.1, 0.15) is 18.4 Å². The first-order valence-corrected chi connectivity index (χ1v) is 12.4. The van der Waals surface area contributed by atoms with E-state index in [-0.39, 0.29) is 29.8 Å². The molecule has 3 aromatic rings. The van der Waals surface area contributed by atoms with E-state index in [9.17, 15) is 13.2 Å². The molecule has 2 heterocycles. The summed E-state index contributed by atoms with van der Waals surface area (Å²) in [6.07, 6.45) is 2.52. The molecule has 0 spiro atoms. The predicted octanol–water partition coefficient (Wildman–Crippen LogP) is 4.28. The van der Waals surface area contributed by atoms with Crippen LogP contribution in [0, 0.1) is 5.92 Å². The molecule has 0 bridgehead atoms. The Kier molecular flexibility index (Phi) is 6.85. The minimum Gasteiger partial charge on any atom is -0.311 e. The number of hydrogen-bond donors (Lipinski definition) is 1. The Hall–Kier alpha value is -2.39. The Morgan fingerprint density at radius 1 is 1.03 bits per heavy atom. The van der Waals surface area contributed by atoms with Gasteiger partial charge < -0.3 is 5.32 Å². The molecule has 4 rings (SSSR count). The van der Waals surface area contributed by atoms with Gasteiger partial charge in [0.25, 0.3) is 0 Å². The van der Waals surface area contributed by atoms with Crippen LogP contribution in [0.3, 0.4) is 0 Å². The topological polar surface area (TPSA) is 84.3 Å². The molecule has 168 valence electrons. The van der Waals surface area contributed by atoms with Crippen molar-refractivity contribution in [2.24, 2.45) is 5.92 Å². The summed E-state index contributed by atoms with van der Waals surface area (Å²) < 4.78 is 28.8. The fourth-order valence-corrected chi connectivity index (χ4v) is 5.52. The molecule has 0 saturated carbocycles. The van der Waals surface area contributed by atoms with Crippen LogP contribution in [-0.4, -0.2) is 41.5 Å². The molecule has 1 aliphatic rings. The lowest BCUT2D eigenvalue weighted by molar-refractivity contribution is -0.121. The van der Waals surface area contributed by atoms with E-state index in [1.165, 1.54) is 16.4 Å². The molecule has 1 fully saturated rings. The van der Waals surface area contributed by atoms with Crippen LogP contribution in [0.2, 0.25) is 10.0 Å². The van der Waals surface area contributed by atoms with Gasteiger partial charge in [-0.15, -0.1) is 0 Å². The Morgan fingerprint density at radius 2 is 1.75 bits per heavy atom. The SMILES string of the molecule is O=C(Nc1ccnn1Cc1cccc(Cl)c1)C1CCN(S(=O)(=O)c2ccc(Cl)cc2)CC1. The summed E-state index contributed by atoms with van der Waals surface area (Å²) in [7, 11) is -3.60. The normalized spacial score (nSPS) is 15.6. The number of piperidine rings is 1. The van der Waals surface area contributed by atoms with E-state index < -0.39 is 10.0 Å². The minimum absolute atomic E-state index is 0.138. The fourth-order valence-electron chi connectivity index (χ4n) is 3.72. The number of halogens is 2. The average Bonchev–Trinajstić information content (AvgIpc) is 3.20. The zero-order chi connectivity index (χ0) is 22.7. The van der Waals surface area contributed by atoms with Crippen molar-refractivity contribution in [3.05, 3.63) is 76.4 Å². The van der Waals surface area contributed by atoms with Gasteiger partial charge in [0, 0.05) is 35.1 Å². The molecule has 32 heavy (non-hydrogen) atoms. The van der Waals surface area contributed by atoms with Crippen molar-refractivity contribution in [2.45, 2.75) is 24.3 Å². The van der Waals surface area contributed by atoms with Gasteiger partial charge in [-0.05, 0) is 54.8 Å². The van der Waals surface area contributed by atoms with Crippen LogP contribution in [0.5, 0.6) is 0 Å². The number of aromatic nitrogens is 2. The minimum atomic E-state index is -3.60. The number of amides is 1. The summed E-state index contributed by atoms with van der Waals surface area (Å²) in [5.41, 5.74) is 0.970. The first kappa shape index (κ1) is 22.8. The van der Waals surface area contributed by atoms with Gasteiger partial charge in [0.1, 0.15) is 5.82 Å². The van der Waals surface area contributed by atoms with Crippen molar-refractivity contribution < 1.29 is 13.2 Å². The second-order valence-electron chi connectivity index (χ2n) is 7.63. The quantitative estimate of drug-likeness (QED) is 0.556. The van der Waals surface area contributed by atoms with E-state index in [0.29, 0.717) is 35.2 Å². The number of rotatable bonds is 6. The number of carbonyl (C=O) groups is 1. The summed E-state index contributed by atoms with van der Waals surface area (Å²) >= 11 is 11.9. The fraction of sp³-hybridized carbons (Fsp3) is 0.273. The molecule has 10 heteroatoms. The van der Waals surface area contributed by atoms with Gasteiger partial charge in [-0.2, -0.15) is 9.40 Å².